The monoisotopic (exact) mass is 354 g/mol. The van der Waals surface area contributed by atoms with Gasteiger partial charge >= 0.3 is 0 Å². The number of nitrogen functional groups attached to an aromatic ring is 1. The summed E-state index contributed by atoms with van der Waals surface area (Å²) in [5.74, 6) is 6.53. The van der Waals surface area contributed by atoms with Crippen molar-refractivity contribution in [2.45, 2.75) is 51.5 Å². The molecule has 1 aliphatic rings. The highest BCUT2D eigenvalue weighted by Gasteiger charge is 2.23. The Kier molecular flexibility index (Phi) is 5.99. The summed E-state index contributed by atoms with van der Waals surface area (Å²) in [7, 11) is 0. The molecule has 1 aliphatic carbocycles. The number of nitrogens with zero attached hydrogens (tertiary/aromatic N) is 1. The summed E-state index contributed by atoms with van der Waals surface area (Å²) in [4.78, 5) is 16.5. The van der Waals surface area contributed by atoms with Gasteiger partial charge in [0.1, 0.15) is 0 Å². The van der Waals surface area contributed by atoms with Gasteiger partial charge in [0.2, 0.25) is 0 Å². The Balaban J connectivity index is 1.95. The molecule has 0 radical (unpaired) electrons. The summed E-state index contributed by atoms with van der Waals surface area (Å²) in [5.41, 5.74) is 2.95. The van der Waals surface area contributed by atoms with Gasteiger partial charge in [-0.25, -0.2) is 10.8 Å². The molecule has 0 bridgehead atoms. The number of hydrazine groups is 1. The van der Waals surface area contributed by atoms with Crippen molar-refractivity contribution >= 4 is 27.7 Å². The Hall–Kier alpha value is -1.14. The van der Waals surface area contributed by atoms with Crippen LogP contribution in [0.1, 0.15) is 55.8 Å². The van der Waals surface area contributed by atoms with Crippen molar-refractivity contribution in [2.24, 2.45) is 11.8 Å². The fourth-order valence-electron chi connectivity index (χ4n) is 2.99. The Bertz CT molecular complexity index is 487. The van der Waals surface area contributed by atoms with Gasteiger partial charge in [-0.1, -0.05) is 19.8 Å². The summed E-state index contributed by atoms with van der Waals surface area (Å²) in [6.45, 7) is 2.23. The first-order valence-electron chi connectivity index (χ1n) is 7.57. The number of anilines is 1. The van der Waals surface area contributed by atoms with Crippen molar-refractivity contribution in [3.8, 4) is 0 Å². The molecule has 0 aliphatic heterocycles. The van der Waals surface area contributed by atoms with Crippen LogP contribution in [-0.2, 0) is 0 Å². The van der Waals surface area contributed by atoms with Crippen LogP contribution >= 0.6 is 15.9 Å². The van der Waals surface area contributed by atoms with Gasteiger partial charge < -0.3 is 10.7 Å². The quantitative estimate of drug-likeness (QED) is 0.560. The average Bonchev–Trinajstić information content (AvgIpc) is 2.49. The van der Waals surface area contributed by atoms with Crippen LogP contribution in [0.25, 0.3) is 0 Å². The first kappa shape index (κ1) is 16.2. The molecule has 2 rings (SSSR count). The van der Waals surface area contributed by atoms with Gasteiger partial charge in [0.25, 0.3) is 5.91 Å². The number of pyridine rings is 1. The third-order valence-corrected chi connectivity index (χ3v) is 4.55. The van der Waals surface area contributed by atoms with E-state index in [4.69, 9.17) is 5.84 Å². The zero-order valence-electron chi connectivity index (χ0n) is 12.4. The van der Waals surface area contributed by atoms with E-state index < -0.39 is 0 Å². The van der Waals surface area contributed by atoms with Crippen molar-refractivity contribution < 1.29 is 4.79 Å². The standard InChI is InChI=1S/C15H23BrN4O/c1-2-3-10-4-6-12(7-5-10)19-15(21)13-8-11(16)9-18-14(13)20-17/h8-10,12H,2-7,17H2,1H3,(H,18,20)(H,19,21). The van der Waals surface area contributed by atoms with E-state index >= 15 is 0 Å². The number of hydrogen-bond donors (Lipinski definition) is 3. The molecule has 1 amide bonds. The van der Waals surface area contributed by atoms with Crippen LogP contribution in [0.5, 0.6) is 0 Å². The lowest BCUT2D eigenvalue weighted by atomic mass is 9.83. The molecule has 0 atom stereocenters. The fraction of sp³-hybridized carbons (Fsp3) is 0.600. The van der Waals surface area contributed by atoms with E-state index in [2.05, 4.69) is 38.6 Å². The lowest BCUT2D eigenvalue weighted by Crippen LogP contribution is -2.38. The van der Waals surface area contributed by atoms with Crippen LogP contribution in [0.15, 0.2) is 16.7 Å². The molecule has 0 unspecified atom stereocenters. The molecule has 1 aromatic rings. The van der Waals surface area contributed by atoms with E-state index in [1.807, 2.05) is 0 Å². The maximum Gasteiger partial charge on any atom is 0.255 e. The molecule has 21 heavy (non-hydrogen) atoms. The number of aromatic nitrogens is 1. The van der Waals surface area contributed by atoms with Gasteiger partial charge in [0.15, 0.2) is 5.82 Å². The maximum absolute atomic E-state index is 12.4. The van der Waals surface area contributed by atoms with Crippen LogP contribution in [0.3, 0.4) is 0 Å². The molecule has 4 N–H and O–H groups in total. The maximum atomic E-state index is 12.4. The van der Waals surface area contributed by atoms with E-state index in [1.165, 1.54) is 25.7 Å². The van der Waals surface area contributed by atoms with Crippen molar-refractivity contribution in [1.82, 2.24) is 10.3 Å². The molecule has 6 heteroatoms. The minimum absolute atomic E-state index is 0.115. The summed E-state index contributed by atoms with van der Waals surface area (Å²) >= 11 is 3.33. The van der Waals surface area contributed by atoms with Gasteiger partial charge in [0.05, 0.1) is 5.56 Å². The fourth-order valence-corrected chi connectivity index (χ4v) is 3.33. The van der Waals surface area contributed by atoms with Gasteiger partial charge in [-0.15, -0.1) is 0 Å². The zero-order chi connectivity index (χ0) is 15.2. The first-order chi connectivity index (χ1) is 10.1. The minimum atomic E-state index is -0.115. The highest BCUT2D eigenvalue weighted by Crippen LogP contribution is 2.28. The van der Waals surface area contributed by atoms with E-state index in [9.17, 15) is 4.79 Å². The van der Waals surface area contributed by atoms with Crippen LogP contribution < -0.4 is 16.6 Å². The van der Waals surface area contributed by atoms with Crippen molar-refractivity contribution in [3.63, 3.8) is 0 Å². The number of rotatable bonds is 5. The van der Waals surface area contributed by atoms with Crippen molar-refractivity contribution in [3.05, 3.63) is 22.3 Å². The van der Waals surface area contributed by atoms with Crippen molar-refractivity contribution in [1.29, 1.82) is 0 Å². The van der Waals surface area contributed by atoms with Crippen LogP contribution in [-0.4, -0.2) is 16.9 Å². The highest BCUT2D eigenvalue weighted by molar-refractivity contribution is 9.10. The Morgan fingerprint density at radius 2 is 2.14 bits per heavy atom. The van der Waals surface area contributed by atoms with E-state index in [1.54, 1.807) is 12.3 Å². The SMILES string of the molecule is CCCC1CCC(NC(=O)c2cc(Br)cnc2NN)CC1. The number of nitrogens with one attached hydrogen (secondary N) is 2. The van der Waals surface area contributed by atoms with Crippen LogP contribution in [0, 0.1) is 5.92 Å². The predicted molar refractivity (Wildman–Crippen MR) is 87.9 cm³/mol. The molecule has 0 spiro atoms. The summed E-state index contributed by atoms with van der Waals surface area (Å²) < 4.78 is 0.762. The van der Waals surface area contributed by atoms with Gasteiger partial charge in [-0.3, -0.25) is 4.79 Å². The zero-order valence-corrected chi connectivity index (χ0v) is 13.9. The van der Waals surface area contributed by atoms with Crippen LogP contribution in [0.2, 0.25) is 0 Å². The number of amides is 1. The summed E-state index contributed by atoms with van der Waals surface area (Å²) in [6.07, 6.45) is 8.69. The Labute approximate surface area is 134 Å². The Morgan fingerprint density at radius 1 is 1.43 bits per heavy atom. The third kappa shape index (κ3) is 4.41. The molecular formula is C15H23BrN4O. The number of carbonyl (C=O) groups excluding carboxylic acids is 1. The number of carbonyl (C=O) groups is 1. The average molecular weight is 355 g/mol. The second-order valence-electron chi connectivity index (χ2n) is 5.67. The molecule has 116 valence electrons. The van der Waals surface area contributed by atoms with Gasteiger partial charge in [-0.05, 0) is 53.6 Å². The Morgan fingerprint density at radius 3 is 2.76 bits per heavy atom. The van der Waals surface area contributed by atoms with Crippen molar-refractivity contribution in [2.75, 3.05) is 5.43 Å². The lowest BCUT2D eigenvalue weighted by molar-refractivity contribution is 0.0921. The molecule has 0 aromatic carbocycles. The summed E-state index contributed by atoms with van der Waals surface area (Å²) in [5, 5.41) is 3.10. The molecule has 1 heterocycles. The molecular weight excluding hydrogens is 332 g/mol. The third-order valence-electron chi connectivity index (χ3n) is 4.11. The van der Waals surface area contributed by atoms with E-state index in [-0.39, 0.29) is 11.9 Å². The van der Waals surface area contributed by atoms with Gasteiger partial charge in [0, 0.05) is 16.7 Å². The predicted octanol–water partition coefficient (Wildman–Crippen LogP) is 3.22. The van der Waals surface area contributed by atoms with Gasteiger partial charge in [-0.2, -0.15) is 0 Å². The normalized spacial score (nSPS) is 21.9. The molecule has 5 nitrogen and oxygen atoms in total. The number of halogens is 1. The van der Waals surface area contributed by atoms with E-state index in [0.29, 0.717) is 11.4 Å². The topological polar surface area (TPSA) is 80.0 Å². The second kappa shape index (κ2) is 7.75. The lowest BCUT2D eigenvalue weighted by Gasteiger charge is -2.29. The molecule has 1 aromatic heterocycles. The largest absolute Gasteiger partial charge is 0.349 e. The smallest absolute Gasteiger partial charge is 0.255 e. The highest BCUT2D eigenvalue weighted by atomic mass is 79.9. The molecule has 0 saturated heterocycles. The number of nitrogens with two attached hydrogens (primary N) is 1. The first-order valence-corrected chi connectivity index (χ1v) is 8.36. The second-order valence-corrected chi connectivity index (χ2v) is 6.59. The molecule has 1 fully saturated rings. The summed E-state index contributed by atoms with van der Waals surface area (Å²) in [6, 6.07) is 2.00. The van der Waals surface area contributed by atoms with Crippen LogP contribution in [0.4, 0.5) is 5.82 Å². The minimum Gasteiger partial charge on any atom is -0.349 e. The molecule has 1 saturated carbocycles. The van der Waals surface area contributed by atoms with E-state index in [0.717, 1.165) is 23.2 Å². The number of hydrogen-bond acceptors (Lipinski definition) is 4.